The largest absolute Gasteiger partial charge is 1.00 e. The van der Waals surface area contributed by atoms with Gasteiger partial charge < -0.3 is 14.4 Å². The monoisotopic (exact) mass is 234 g/mol. The second-order valence-electron chi connectivity index (χ2n) is 3.41. The van der Waals surface area contributed by atoms with Crippen LogP contribution in [0.1, 0.15) is 5.56 Å². The van der Waals surface area contributed by atoms with Gasteiger partial charge in [0.15, 0.2) is 0 Å². The number of benzene rings is 2. The molecule has 0 unspecified atom stereocenters. The Kier molecular flexibility index (Phi) is 6.86. The molecule has 0 aliphatic rings. The third-order valence-corrected chi connectivity index (χ3v) is 2.97. The van der Waals surface area contributed by atoms with Crippen molar-refractivity contribution >= 4 is 18.4 Å². The van der Waals surface area contributed by atoms with Crippen LogP contribution in [0.4, 0.5) is 0 Å². The topological polar surface area (TPSA) is 63.2 Å². The van der Waals surface area contributed by atoms with Crippen LogP contribution in [-0.2, 0) is 10.7 Å². The van der Waals surface area contributed by atoms with E-state index in [1.54, 1.807) is 12.1 Å². The number of hydrogen-bond acceptors (Lipinski definition) is 3. The van der Waals surface area contributed by atoms with E-state index >= 15 is 0 Å². The van der Waals surface area contributed by atoms with Gasteiger partial charge in [0.05, 0.1) is 0 Å². The minimum absolute atomic E-state index is 0. The minimum atomic E-state index is -4.49. The molecule has 6 heteroatoms. The van der Waals surface area contributed by atoms with E-state index in [2.05, 4.69) is 0 Å². The Hall–Kier alpha value is 0.0448. The Morgan fingerprint density at radius 2 is 1.53 bits per heavy atom. The molecule has 2 aromatic carbocycles. The molecule has 0 atom stereocenters. The van der Waals surface area contributed by atoms with Crippen molar-refractivity contribution in [1.82, 2.24) is 0 Å². The zero-order chi connectivity index (χ0) is 10.9. The van der Waals surface area contributed by atoms with Crippen LogP contribution in [0.3, 0.4) is 0 Å². The van der Waals surface area contributed by atoms with Crippen molar-refractivity contribution in [3.05, 3.63) is 48.0 Å². The standard InChI is InChI=1S/C11H11O3P.2Li/c12-15(13,14)8-10-6-3-5-9-4-1-2-7-11(9)10;;/h1-7H,8H2,(H2,12,13,14);;/q;2*+1/p-2. The third kappa shape index (κ3) is 4.67. The van der Waals surface area contributed by atoms with Gasteiger partial charge in [-0.2, -0.15) is 0 Å². The average molecular weight is 234 g/mol. The van der Waals surface area contributed by atoms with Gasteiger partial charge in [0.1, 0.15) is 0 Å². The molecule has 0 aliphatic heterocycles. The second kappa shape index (κ2) is 6.84. The summed E-state index contributed by atoms with van der Waals surface area (Å²) in [6, 6.07) is 12.7. The molecule has 0 saturated heterocycles. The summed E-state index contributed by atoms with van der Waals surface area (Å²) in [7, 11) is -4.49. The average Bonchev–Trinajstić information content (AvgIpc) is 2.16. The van der Waals surface area contributed by atoms with Gasteiger partial charge in [0, 0.05) is 6.16 Å². The SMILES string of the molecule is O=P([O-])([O-])Cc1cccc2ccccc12.[Li+].[Li+]. The molecule has 0 fully saturated rings. The molecule has 78 valence electrons. The van der Waals surface area contributed by atoms with E-state index in [9.17, 15) is 14.4 Å². The Labute approximate surface area is 124 Å². The van der Waals surface area contributed by atoms with Crippen molar-refractivity contribution in [1.29, 1.82) is 0 Å². The summed E-state index contributed by atoms with van der Waals surface area (Å²) in [4.78, 5) is 21.4. The summed E-state index contributed by atoms with van der Waals surface area (Å²) < 4.78 is 10.7. The van der Waals surface area contributed by atoms with E-state index in [0.29, 0.717) is 5.56 Å². The maximum atomic E-state index is 10.7. The van der Waals surface area contributed by atoms with Gasteiger partial charge in [-0.05, 0) is 16.3 Å². The molecule has 3 nitrogen and oxygen atoms in total. The number of hydrogen-bond donors (Lipinski definition) is 0. The molecule has 0 heterocycles. The van der Waals surface area contributed by atoms with Crippen molar-refractivity contribution in [3.8, 4) is 0 Å². The molecule has 2 rings (SSSR count). The molecular formula is C11H9Li2O3P. The van der Waals surface area contributed by atoms with Crippen LogP contribution >= 0.6 is 7.60 Å². The Balaban J connectivity index is 0.00000128. The molecule has 0 aliphatic carbocycles. The van der Waals surface area contributed by atoms with Gasteiger partial charge in [-0.1, -0.05) is 50.1 Å². The molecule has 17 heavy (non-hydrogen) atoms. The summed E-state index contributed by atoms with van der Waals surface area (Å²) in [5, 5.41) is 1.77. The summed E-state index contributed by atoms with van der Waals surface area (Å²) >= 11 is 0. The summed E-state index contributed by atoms with van der Waals surface area (Å²) in [5.74, 6) is 0. The predicted octanol–water partition coefficient (Wildman–Crippen LogP) is -4.74. The molecule has 0 bridgehead atoms. The van der Waals surface area contributed by atoms with E-state index in [-0.39, 0.29) is 37.7 Å². The predicted molar refractivity (Wildman–Crippen MR) is 55.3 cm³/mol. The van der Waals surface area contributed by atoms with Gasteiger partial charge >= 0.3 is 37.7 Å². The van der Waals surface area contributed by atoms with Crippen LogP contribution in [0, 0.1) is 0 Å². The number of fused-ring (bicyclic) bond motifs is 1. The molecular weight excluding hydrogens is 225 g/mol. The quantitative estimate of drug-likeness (QED) is 0.387. The van der Waals surface area contributed by atoms with Crippen LogP contribution in [0.15, 0.2) is 42.5 Å². The third-order valence-electron chi connectivity index (χ3n) is 2.24. The fraction of sp³-hybridized carbons (Fsp3) is 0.0909. The van der Waals surface area contributed by atoms with Crippen LogP contribution in [0.25, 0.3) is 10.8 Å². The molecule has 2 aromatic rings. The molecule has 0 saturated carbocycles. The maximum Gasteiger partial charge on any atom is 1.00 e. The van der Waals surface area contributed by atoms with Gasteiger partial charge in [-0.3, -0.25) is 0 Å². The van der Waals surface area contributed by atoms with E-state index < -0.39 is 13.8 Å². The zero-order valence-corrected chi connectivity index (χ0v) is 10.8. The first-order valence-corrected chi connectivity index (χ1v) is 6.27. The smallest absolute Gasteiger partial charge is 0.810 e. The molecule has 0 radical (unpaired) electrons. The van der Waals surface area contributed by atoms with Gasteiger partial charge in [-0.25, -0.2) is 0 Å². The maximum absolute atomic E-state index is 10.7. The molecule has 0 N–H and O–H groups in total. The van der Waals surface area contributed by atoms with Crippen molar-refractivity contribution in [3.63, 3.8) is 0 Å². The van der Waals surface area contributed by atoms with Crippen LogP contribution < -0.4 is 47.5 Å². The summed E-state index contributed by atoms with van der Waals surface area (Å²) in [6.45, 7) is 0. The van der Waals surface area contributed by atoms with Crippen molar-refractivity contribution in [2.75, 3.05) is 0 Å². The first kappa shape index (κ1) is 17.0. The molecule has 0 amide bonds. The zero-order valence-electron chi connectivity index (χ0n) is 9.92. The second-order valence-corrected chi connectivity index (χ2v) is 4.95. The fourth-order valence-corrected chi connectivity index (χ4v) is 2.33. The van der Waals surface area contributed by atoms with Gasteiger partial charge in [0.2, 0.25) is 0 Å². The Bertz CT molecular complexity index is 534. The van der Waals surface area contributed by atoms with Crippen LogP contribution in [-0.4, -0.2) is 0 Å². The van der Waals surface area contributed by atoms with Crippen molar-refractivity contribution < 1.29 is 52.1 Å². The van der Waals surface area contributed by atoms with Crippen molar-refractivity contribution in [2.24, 2.45) is 0 Å². The number of rotatable bonds is 2. The van der Waals surface area contributed by atoms with Crippen LogP contribution in [0.2, 0.25) is 0 Å². The first-order valence-electron chi connectivity index (χ1n) is 4.54. The van der Waals surface area contributed by atoms with Gasteiger partial charge in [-0.15, -0.1) is 0 Å². The summed E-state index contributed by atoms with van der Waals surface area (Å²) in [6.07, 6.45) is -0.422. The van der Waals surface area contributed by atoms with Crippen molar-refractivity contribution in [2.45, 2.75) is 6.16 Å². The minimum Gasteiger partial charge on any atom is -0.810 e. The fourth-order valence-electron chi connectivity index (χ4n) is 1.64. The van der Waals surface area contributed by atoms with Crippen LogP contribution in [0.5, 0.6) is 0 Å². The van der Waals surface area contributed by atoms with Gasteiger partial charge in [0.25, 0.3) is 0 Å². The first-order chi connectivity index (χ1) is 7.06. The summed E-state index contributed by atoms with van der Waals surface area (Å²) in [5.41, 5.74) is 0.571. The van der Waals surface area contributed by atoms with E-state index in [1.807, 2.05) is 30.3 Å². The van der Waals surface area contributed by atoms with E-state index in [1.165, 1.54) is 0 Å². The Morgan fingerprint density at radius 3 is 2.18 bits per heavy atom. The normalized spacial score (nSPS) is 10.5. The van der Waals surface area contributed by atoms with E-state index in [0.717, 1.165) is 10.8 Å². The van der Waals surface area contributed by atoms with E-state index in [4.69, 9.17) is 0 Å². The molecule has 0 spiro atoms. The molecule has 0 aromatic heterocycles. The Morgan fingerprint density at radius 1 is 0.941 bits per heavy atom.